The van der Waals surface area contributed by atoms with E-state index in [0.717, 1.165) is 5.69 Å². The summed E-state index contributed by atoms with van der Waals surface area (Å²) in [6.45, 7) is 5.07. The van der Waals surface area contributed by atoms with Crippen LogP contribution in [0.1, 0.15) is 41.0 Å². The third kappa shape index (κ3) is 5.32. The lowest BCUT2D eigenvalue weighted by Gasteiger charge is -2.37. The molecule has 3 atom stereocenters. The summed E-state index contributed by atoms with van der Waals surface area (Å²) in [6.07, 6.45) is -6.64. The van der Waals surface area contributed by atoms with Gasteiger partial charge in [-0.3, -0.25) is 19.3 Å². The van der Waals surface area contributed by atoms with Crippen molar-refractivity contribution in [3.8, 4) is 11.4 Å². The Kier molecular flexibility index (Phi) is 6.80. The molecule has 3 heterocycles. The van der Waals surface area contributed by atoms with E-state index in [-0.39, 0.29) is 40.4 Å². The number of alkyl halides is 3. The summed E-state index contributed by atoms with van der Waals surface area (Å²) in [4.78, 5) is 41.7. The second kappa shape index (κ2) is 10.1. The predicted octanol–water partition coefficient (Wildman–Crippen LogP) is 3.04. The van der Waals surface area contributed by atoms with Crippen molar-refractivity contribution in [3.63, 3.8) is 0 Å². The molecule has 204 valence electrons. The van der Waals surface area contributed by atoms with Crippen LogP contribution in [0.2, 0.25) is 0 Å². The van der Waals surface area contributed by atoms with E-state index in [2.05, 4.69) is 30.8 Å². The third-order valence-corrected chi connectivity index (χ3v) is 6.50. The highest BCUT2D eigenvalue weighted by Gasteiger charge is 2.47. The number of aromatic amines is 1. The van der Waals surface area contributed by atoms with Crippen molar-refractivity contribution >= 4 is 29.1 Å². The van der Waals surface area contributed by atoms with Crippen molar-refractivity contribution in [2.75, 3.05) is 23.3 Å². The Hall–Kier alpha value is -4.33. The number of amides is 3. The fourth-order valence-electron chi connectivity index (χ4n) is 4.92. The van der Waals surface area contributed by atoms with Crippen molar-refractivity contribution in [1.29, 1.82) is 0 Å². The number of carbonyl (C=O) groups excluding carboxylic acids is 3. The average Bonchev–Trinajstić information content (AvgIpc) is 3.49. The van der Waals surface area contributed by atoms with Gasteiger partial charge in [-0.25, -0.2) is 0 Å². The minimum absolute atomic E-state index is 0.0375. The van der Waals surface area contributed by atoms with E-state index in [4.69, 9.17) is 4.74 Å². The summed E-state index contributed by atoms with van der Waals surface area (Å²) in [5.41, 5.74) is 1.00. The van der Waals surface area contributed by atoms with Gasteiger partial charge in [-0.15, -0.1) is 10.2 Å². The van der Waals surface area contributed by atoms with E-state index in [0.29, 0.717) is 18.0 Å². The van der Waals surface area contributed by atoms with Crippen LogP contribution in [0, 0.1) is 0 Å². The highest BCUT2D eigenvalue weighted by Crippen LogP contribution is 2.34. The van der Waals surface area contributed by atoms with E-state index >= 15 is 0 Å². The summed E-state index contributed by atoms with van der Waals surface area (Å²) >= 11 is 0. The number of anilines is 2. The summed E-state index contributed by atoms with van der Waals surface area (Å²) in [7, 11) is 0. The van der Waals surface area contributed by atoms with Gasteiger partial charge >= 0.3 is 6.18 Å². The van der Waals surface area contributed by atoms with Gasteiger partial charge in [0, 0.05) is 24.3 Å². The molecule has 0 spiro atoms. The average molecular weight is 544 g/mol. The molecule has 14 heteroatoms. The number of morpholine rings is 1. The van der Waals surface area contributed by atoms with Crippen molar-refractivity contribution in [3.05, 3.63) is 53.6 Å². The van der Waals surface area contributed by atoms with Crippen molar-refractivity contribution in [2.45, 2.75) is 44.7 Å². The number of halogens is 3. The SMILES string of the molecule is CC1CN(c2ccc(NC(=O)[C@H](CC(F)(F)F)N3C(=O)c4ccccc4C3=O)c(-c3nn[nH]n3)c2)C[C@H](C)O1. The second-order valence-electron chi connectivity index (χ2n) is 9.48. The number of fused-ring (bicyclic) bond motifs is 1. The number of aromatic nitrogens is 4. The molecule has 3 amide bonds. The molecule has 1 fully saturated rings. The largest absolute Gasteiger partial charge is 0.391 e. The van der Waals surface area contributed by atoms with Gasteiger partial charge in [-0.2, -0.15) is 18.4 Å². The van der Waals surface area contributed by atoms with Gasteiger partial charge in [0.2, 0.25) is 11.7 Å². The van der Waals surface area contributed by atoms with Crippen molar-refractivity contribution in [2.24, 2.45) is 0 Å². The van der Waals surface area contributed by atoms with Crippen LogP contribution in [-0.4, -0.2) is 80.8 Å². The fourth-order valence-corrected chi connectivity index (χ4v) is 4.92. The lowest BCUT2D eigenvalue weighted by Crippen LogP contribution is -2.49. The van der Waals surface area contributed by atoms with Crippen molar-refractivity contribution in [1.82, 2.24) is 25.5 Å². The molecule has 39 heavy (non-hydrogen) atoms. The number of H-pyrrole nitrogens is 1. The van der Waals surface area contributed by atoms with Crippen LogP contribution >= 0.6 is 0 Å². The third-order valence-electron chi connectivity index (χ3n) is 6.50. The Labute approximate surface area is 220 Å². The minimum atomic E-state index is -4.85. The zero-order chi connectivity index (χ0) is 27.9. The zero-order valence-corrected chi connectivity index (χ0v) is 20.9. The van der Waals surface area contributed by atoms with E-state index in [1.54, 1.807) is 12.1 Å². The summed E-state index contributed by atoms with van der Waals surface area (Å²) in [6, 6.07) is 8.39. The van der Waals surface area contributed by atoms with E-state index in [1.807, 2.05) is 13.8 Å². The van der Waals surface area contributed by atoms with Gasteiger partial charge < -0.3 is 15.0 Å². The van der Waals surface area contributed by atoms with Crippen LogP contribution in [-0.2, 0) is 9.53 Å². The molecule has 3 aromatic rings. The van der Waals surface area contributed by atoms with Gasteiger partial charge in [0.15, 0.2) is 0 Å². The number of hydrogen-bond acceptors (Lipinski definition) is 8. The number of nitrogens with one attached hydrogen (secondary N) is 2. The van der Waals surface area contributed by atoms with Gasteiger partial charge in [-0.1, -0.05) is 12.1 Å². The van der Waals surface area contributed by atoms with Gasteiger partial charge in [0.05, 0.1) is 35.4 Å². The molecule has 1 unspecified atom stereocenters. The highest BCUT2D eigenvalue weighted by molar-refractivity contribution is 6.23. The molecule has 11 nitrogen and oxygen atoms in total. The maximum atomic E-state index is 13.6. The Morgan fingerprint density at radius 3 is 2.28 bits per heavy atom. The molecular weight excluding hydrogens is 519 g/mol. The Bertz CT molecular complexity index is 1370. The molecule has 2 aromatic carbocycles. The normalized spacial score (nSPS) is 20.2. The number of rotatable bonds is 6. The van der Waals surface area contributed by atoms with Crippen LogP contribution in [0.4, 0.5) is 24.5 Å². The lowest BCUT2D eigenvalue weighted by atomic mass is 10.1. The Morgan fingerprint density at radius 2 is 1.72 bits per heavy atom. The smallest absolute Gasteiger partial charge is 0.372 e. The summed E-state index contributed by atoms with van der Waals surface area (Å²) in [5.74, 6) is -3.03. The highest BCUT2D eigenvalue weighted by atomic mass is 19.4. The van der Waals surface area contributed by atoms with Crippen molar-refractivity contribution < 1.29 is 32.3 Å². The summed E-state index contributed by atoms with van der Waals surface area (Å²) < 4.78 is 46.5. The predicted molar refractivity (Wildman–Crippen MR) is 132 cm³/mol. The molecule has 0 saturated carbocycles. The zero-order valence-electron chi connectivity index (χ0n) is 20.9. The van der Waals surface area contributed by atoms with E-state index in [1.165, 1.54) is 30.3 Å². The molecule has 5 rings (SSSR count). The standard InChI is InChI=1S/C25H24F3N7O4/c1-13-11-34(12-14(2)39-13)15-7-8-19(18(9-15)21-30-32-33-31-21)29-22(36)20(10-25(26,27)28)35-23(37)16-5-3-4-6-17(16)24(35)38/h3-9,13-14,20H,10-12H2,1-2H3,(H,29,36)(H,30,31,32,33)/t13-,14?,20-/m0/s1. The van der Waals surface area contributed by atoms with Crippen LogP contribution < -0.4 is 10.2 Å². The monoisotopic (exact) mass is 543 g/mol. The molecule has 0 bridgehead atoms. The first-order valence-electron chi connectivity index (χ1n) is 12.1. The molecule has 2 aliphatic rings. The first-order chi connectivity index (χ1) is 18.5. The lowest BCUT2D eigenvalue weighted by molar-refractivity contribution is -0.151. The number of benzene rings is 2. The molecule has 1 aromatic heterocycles. The van der Waals surface area contributed by atoms with Crippen LogP contribution in [0.3, 0.4) is 0 Å². The maximum Gasteiger partial charge on any atom is 0.391 e. The first-order valence-corrected chi connectivity index (χ1v) is 12.1. The minimum Gasteiger partial charge on any atom is -0.372 e. The van der Waals surface area contributed by atoms with Crippen LogP contribution in [0.25, 0.3) is 11.4 Å². The molecule has 0 aliphatic carbocycles. The first kappa shape index (κ1) is 26.3. The number of hydrogen-bond donors (Lipinski definition) is 2. The topological polar surface area (TPSA) is 133 Å². The van der Waals surface area contributed by atoms with E-state index in [9.17, 15) is 27.6 Å². The molecule has 1 saturated heterocycles. The number of nitrogens with zero attached hydrogens (tertiary/aromatic N) is 5. The van der Waals surface area contributed by atoms with E-state index < -0.39 is 36.4 Å². The van der Waals surface area contributed by atoms with Crippen LogP contribution in [0.15, 0.2) is 42.5 Å². The Balaban J connectivity index is 1.48. The number of tetrazole rings is 1. The maximum absolute atomic E-state index is 13.6. The number of imide groups is 1. The Morgan fingerprint density at radius 1 is 1.08 bits per heavy atom. The van der Waals surface area contributed by atoms with Gasteiger partial charge in [0.25, 0.3) is 11.8 Å². The van der Waals surface area contributed by atoms with Crippen LogP contribution in [0.5, 0.6) is 0 Å². The summed E-state index contributed by atoms with van der Waals surface area (Å²) in [5, 5.41) is 16.3. The molecule has 2 N–H and O–H groups in total. The second-order valence-corrected chi connectivity index (χ2v) is 9.48. The quantitative estimate of drug-likeness (QED) is 0.454. The van der Waals surface area contributed by atoms with Gasteiger partial charge in [0.1, 0.15) is 6.04 Å². The molecule has 0 radical (unpaired) electrons. The number of ether oxygens (including phenoxy) is 1. The molecular formula is C25H24F3N7O4. The van der Waals surface area contributed by atoms with Gasteiger partial charge in [-0.05, 0) is 49.4 Å². The number of carbonyl (C=O) groups is 3. The fraction of sp³-hybridized carbons (Fsp3) is 0.360. The molecule has 2 aliphatic heterocycles.